The summed E-state index contributed by atoms with van der Waals surface area (Å²) in [5.41, 5.74) is 1.36. The molecule has 0 fully saturated rings. The summed E-state index contributed by atoms with van der Waals surface area (Å²) in [5.74, 6) is 0. The van der Waals surface area contributed by atoms with Crippen LogP contribution in [-0.2, 0) is 6.54 Å². The lowest BCUT2D eigenvalue weighted by Crippen LogP contribution is -2.40. The lowest BCUT2D eigenvalue weighted by Gasteiger charge is -2.28. The molecule has 0 aromatic heterocycles. The maximum absolute atomic E-state index is 3.63. The van der Waals surface area contributed by atoms with E-state index >= 15 is 0 Å². The minimum Gasteiger partial charge on any atom is -0.315 e. The predicted molar refractivity (Wildman–Crippen MR) is 87.5 cm³/mol. The monoisotopic (exact) mass is 326 g/mol. The number of hydrogen-bond donors (Lipinski definition) is 1. The lowest BCUT2D eigenvalue weighted by atomic mass is 10.1. The van der Waals surface area contributed by atoms with Crippen molar-refractivity contribution in [2.45, 2.75) is 45.7 Å². The Balaban J connectivity index is 2.55. The van der Waals surface area contributed by atoms with E-state index in [2.05, 4.69) is 71.3 Å². The van der Waals surface area contributed by atoms with Crippen molar-refractivity contribution in [3.8, 4) is 0 Å². The van der Waals surface area contributed by atoms with Gasteiger partial charge in [-0.3, -0.25) is 4.90 Å². The van der Waals surface area contributed by atoms with E-state index < -0.39 is 0 Å². The smallest absolute Gasteiger partial charge is 0.0245 e. The molecule has 3 heteroatoms. The molecule has 1 unspecified atom stereocenters. The zero-order chi connectivity index (χ0) is 14.1. The molecule has 0 radical (unpaired) electrons. The third kappa shape index (κ3) is 6.07. The molecule has 0 saturated heterocycles. The number of nitrogens with zero attached hydrogens (tertiary/aromatic N) is 1. The van der Waals surface area contributed by atoms with Gasteiger partial charge in [-0.2, -0.15) is 0 Å². The number of benzene rings is 1. The maximum atomic E-state index is 3.63. The van der Waals surface area contributed by atoms with E-state index in [1.165, 1.54) is 29.3 Å². The molecular weight excluding hydrogens is 300 g/mol. The van der Waals surface area contributed by atoms with Gasteiger partial charge in [-0.1, -0.05) is 54.4 Å². The van der Waals surface area contributed by atoms with Crippen molar-refractivity contribution >= 4 is 15.9 Å². The fraction of sp³-hybridized carbons (Fsp3) is 0.625. The summed E-state index contributed by atoms with van der Waals surface area (Å²) in [5, 5.41) is 3.55. The zero-order valence-electron chi connectivity index (χ0n) is 12.5. The van der Waals surface area contributed by atoms with Crippen LogP contribution < -0.4 is 5.32 Å². The van der Waals surface area contributed by atoms with Crippen LogP contribution in [0.5, 0.6) is 0 Å². The van der Waals surface area contributed by atoms with E-state index in [9.17, 15) is 0 Å². The van der Waals surface area contributed by atoms with E-state index in [0.717, 1.165) is 19.6 Å². The first-order valence-electron chi connectivity index (χ1n) is 7.33. The summed E-state index contributed by atoms with van der Waals surface area (Å²) in [7, 11) is 2.23. The van der Waals surface area contributed by atoms with Gasteiger partial charge in [0.05, 0.1) is 0 Å². The van der Waals surface area contributed by atoms with E-state index in [1.54, 1.807) is 0 Å². The fourth-order valence-electron chi connectivity index (χ4n) is 2.28. The Morgan fingerprint density at radius 3 is 2.58 bits per heavy atom. The van der Waals surface area contributed by atoms with Crippen molar-refractivity contribution in [3.05, 3.63) is 34.3 Å². The van der Waals surface area contributed by atoms with Crippen molar-refractivity contribution in [2.24, 2.45) is 0 Å². The first-order chi connectivity index (χ1) is 9.19. The second kappa shape index (κ2) is 9.51. The van der Waals surface area contributed by atoms with Crippen molar-refractivity contribution in [3.63, 3.8) is 0 Å². The van der Waals surface area contributed by atoms with Gasteiger partial charge >= 0.3 is 0 Å². The molecule has 0 spiro atoms. The number of likely N-dealkylation sites (N-methyl/N-ethyl adjacent to an activating group) is 1. The first-order valence-corrected chi connectivity index (χ1v) is 8.12. The molecule has 1 N–H and O–H groups in total. The standard InChI is InChI=1S/C16H27BrN2/c1-4-8-15(12-18-11-5-2)19(3)13-14-9-6-7-10-16(14)17/h6-7,9-10,15,18H,4-5,8,11-13H2,1-3H3. The highest BCUT2D eigenvalue weighted by atomic mass is 79.9. The predicted octanol–water partition coefficient (Wildman–Crippen LogP) is 4.05. The van der Waals surface area contributed by atoms with Crippen molar-refractivity contribution in [1.29, 1.82) is 0 Å². The van der Waals surface area contributed by atoms with Gasteiger partial charge in [-0.25, -0.2) is 0 Å². The highest BCUT2D eigenvalue weighted by Crippen LogP contribution is 2.19. The summed E-state index contributed by atoms with van der Waals surface area (Å²) in [6.07, 6.45) is 3.68. The highest BCUT2D eigenvalue weighted by Gasteiger charge is 2.14. The van der Waals surface area contributed by atoms with Crippen LogP contribution >= 0.6 is 15.9 Å². The minimum absolute atomic E-state index is 0.614. The third-order valence-electron chi connectivity index (χ3n) is 3.43. The molecule has 0 aliphatic heterocycles. The molecule has 1 rings (SSSR count). The number of nitrogens with one attached hydrogen (secondary N) is 1. The second-order valence-electron chi connectivity index (χ2n) is 5.15. The van der Waals surface area contributed by atoms with Crippen LogP contribution in [-0.4, -0.2) is 31.1 Å². The molecule has 1 atom stereocenters. The average Bonchev–Trinajstić information content (AvgIpc) is 2.40. The molecule has 108 valence electrons. The summed E-state index contributed by atoms with van der Waals surface area (Å²) >= 11 is 3.63. The average molecular weight is 327 g/mol. The topological polar surface area (TPSA) is 15.3 Å². The Morgan fingerprint density at radius 2 is 1.95 bits per heavy atom. The van der Waals surface area contributed by atoms with E-state index in [0.29, 0.717) is 6.04 Å². The molecule has 0 saturated carbocycles. The molecule has 19 heavy (non-hydrogen) atoms. The second-order valence-corrected chi connectivity index (χ2v) is 6.01. The fourth-order valence-corrected chi connectivity index (χ4v) is 2.69. The quantitative estimate of drug-likeness (QED) is 0.689. The molecule has 0 aliphatic carbocycles. The third-order valence-corrected chi connectivity index (χ3v) is 4.20. The molecule has 1 aromatic carbocycles. The van der Waals surface area contributed by atoms with Gasteiger partial charge < -0.3 is 5.32 Å². The lowest BCUT2D eigenvalue weighted by molar-refractivity contribution is 0.214. The summed E-state index contributed by atoms with van der Waals surface area (Å²) in [6.45, 7) is 7.68. The molecule has 1 aromatic rings. The summed E-state index contributed by atoms with van der Waals surface area (Å²) in [4.78, 5) is 2.46. The van der Waals surface area contributed by atoms with E-state index in [1.807, 2.05) is 0 Å². The van der Waals surface area contributed by atoms with Crippen LogP contribution in [0, 0.1) is 0 Å². The first kappa shape index (κ1) is 16.7. The highest BCUT2D eigenvalue weighted by molar-refractivity contribution is 9.10. The van der Waals surface area contributed by atoms with Crippen molar-refractivity contribution < 1.29 is 0 Å². The number of hydrogen-bond acceptors (Lipinski definition) is 2. The van der Waals surface area contributed by atoms with Crippen LogP contribution in [0.15, 0.2) is 28.7 Å². The Hall–Kier alpha value is -0.380. The largest absolute Gasteiger partial charge is 0.315 e. The SMILES string of the molecule is CCCNCC(CCC)N(C)Cc1ccccc1Br. The molecule has 0 aliphatic rings. The summed E-state index contributed by atoms with van der Waals surface area (Å²) in [6, 6.07) is 9.11. The maximum Gasteiger partial charge on any atom is 0.0245 e. The molecular formula is C16H27BrN2. The Bertz CT molecular complexity index is 354. The zero-order valence-corrected chi connectivity index (χ0v) is 14.0. The molecule has 0 heterocycles. The van der Waals surface area contributed by atoms with Gasteiger partial charge in [0, 0.05) is 23.6 Å². The number of rotatable bonds is 9. The van der Waals surface area contributed by atoms with Gasteiger partial charge in [0.15, 0.2) is 0 Å². The van der Waals surface area contributed by atoms with Gasteiger partial charge in [-0.15, -0.1) is 0 Å². The number of halogens is 1. The van der Waals surface area contributed by atoms with Gasteiger partial charge in [0.1, 0.15) is 0 Å². The van der Waals surface area contributed by atoms with Gasteiger partial charge in [0.25, 0.3) is 0 Å². The summed E-state index contributed by atoms with van der Waals surface area (Å²) < 4.78 is 1.21. The normalized spacial score (nSPS) is 12.9. The van der Waals surface area contributed by atoms with Crippen LogP contribution in [0.2, 0.25) is 0 Å². The van der Waals surface area contributed by atoms with Crippen molar-refractivity contribution in [1.82, 2.24) is 10.2 Å². The van der Waals surface area contributed by atoms with Crippen LogP contribution in [0.1, 0.15) is 38.7 Å². The molecule has 2 nitrogen and oxygen atoms in total. The van der Waals surface area contributed by atoms with Crippen LogP contribution in [0.4, 0.5) is 0 Å². The van der Waals surface area contributed by atoms with Crippen LogP contribution in [0.3, 0.4) is 0 Å². The molecule has 0 amide bonds. The van der Waals surface area contributed by atoms with Crippen molar-refractivity contribution in [2.75, 3.05) is 20.1 Å². The Labute approximate surface area is 126 Å². The Morgan fingerprint density at radius 1 is 1.21 bits per heavy atom. The van der Waals surface area contributed by atoms with E-state index in [4.69, 9.17) is 0 Å². The van der Waals surface area contributed by atoms with Crippen LogP contribution in [0.25, 0.3) is 0 Å². The molecule has 0 bridgehead atoms. The van der Waals surface area contributed by atoms with E-state index in [-0.39, 0.29) is 0 Å². The minimum atomic E-state index is 0.614. The van der Waals surface area contributed by atoms with Gasteiger partial charge in [0.2, 0.25) is 0 Å². The Kier molecular flexibility index (Phi) is 8.35. The van der Waals surface area contributed by atoms with Gasteiger partial charge in [-0.05, 0) is 38.1 Å².